The van der Waals surface area contributed by atoms with Gasteiger partial charge in [0, 0.05) is 22.1 Å². The quantitative estimate of drug-likeness (QED) is 0.770. The van der Waals surface area contributed by atoms with E-state index >= 15 is 0 Å². The molecule has 0 radical (unpaired) electrons. The summed E-state index contributed by atoms with van der Waals surface area (Å²) in [6.07, 6.45) is 1.57. The van der Waals surface area contributed by atoms with Crippen molar-refractivity contribution in [1.82, 2.24) is 0 Å². The molecule has 0 aliphatic carbocycles. The van der Waals surface area contributed by atoms with Gasteiger partial charge >= 0.3 is 0 Å². The number of benzene rings is 1. The molecule has 1 aliphatic heterocycles. The fourth-order valence-corrected chi connectivity index (χ4v) is 4.60. The molecule has 19 heavy (non-hydrogen) atoms. The number of fused-ring (bicyclic) bond motifs is 1. The summed E-state index contributed by atoms with van der Waals surface area (Å²) in [4.78, 5) is 14.6. The van der Waals surface area contributed by atoms with Crippen molar-refractivity contribution in [2.45, 2.75) is 18.6 Å². The minimum atomic E-state index is 0.215. The maximum Gasteiger partial charge on any atom is 0.177 e. The van der Waals surface area contributed by atoms with Gasteiger partial charge in [-0.05, 0) is 41.5 Å². The van der Waals surface area contributed by atoms with Crippen LogP contribution in [0.4, 0.5) is 0 Å². The van der Waals surface area contributed by atoms with Gasteiger partial charge in [-0.1, -0.05) is 23.7 Å². The second kappa shape index (κ2) is 5.70. The zero-order valence-electron chi connectivity index (χ0n) is 10.3. The van der Waals surface area contributed by atoms with E-state index in [1.54, 1.807) is 11.3 Å². The average Bonchev–Trinajstić information content (AvgIpc) is 2.85. The molecule has 0 unspecified atom stereocenters. The first kappa shape index (κ1) is 13.2. The summed E-state index contributed by atoms with van der Waals surface area (Å²) in [5, 5.41) is 0.708. The SMILES string of the molecule is O=C(Cc1ccc(Cl)cc1)c1cc2c(s1)CCSC2. The van der Waals surface area contributed by atoms with E-state index in [-0.39, 0.29) is 5.78 Å². The fraction of sp³-hybridized carbons (Fsp3) is 0.267. The van der Waals surface area contributed by atoms with Crippen molar-refractivity contribution in [3.05, 3.63) is 56.2 Å². The van der Waals surface area contributed by atoms with Crippen LogP contribution in [0, 0.1) is 0 Å². The van der Waals surface area contributed by atoms with E-state index in [0.29, 0.717) is 11.4 Å². The molecule has 1 nitrogen and oxygen atoms in total. The summed E-state index contributed by atoms with van der Waals surface area (Å²) in [6, 6.07) is 9.60. The molecule has 3 rings (SSSR count). The topological polar surface area (TPSA) is 17.1 Å². The molecule has 0 bridgehead atoms. The number of hydrogen-bond acceptors (Lipinski definition) is 3. The number of ketones is 1. The third-order valence-corrected chi connectivity index (χ3v) is 5.72. The highest BCUT2D eigenvalue weighted by atomic mass is 35.5. The molecule has 0 atom stereocenters. The van der Waals surface area contributed by atoms with Crippen LogP contribution in [0.25, 0.3) is 0 Å². The molecule has 1 aliphatic rings. The van der Waals surface area contributed by atoms with Gasteiger partial charge in [0.25, 0.3) is 0 Å². The van der Waals surface area contributed by atoms with Crippen LogP contribution < -0.4 is 0 Å². The lowest BCUT2D eigenvalue weighted by atomic mass is 10.1. The minimum Gasteiger partial charge on any atom is -0.293 e. The standard InChI is InChI=1S/C15H13ClOS2/c16-12-3-1-10(2-4-12)7-13(17)15-8-11-9-18-6-5-14(11)19-15/h1-4,8H,5-7,9H2. The summed E-state index contributed by atoms with van der Waals surface area (Å²) in [5.41, 5.74) is 2.39. The lowest BCUT2D eigenvalue weighted by molar-refractivity contribution is 0.0997. The van der Waals surface area contributed by atoms with E-state index in [1.807, 2.05) is 36.0 Å². The fourth-order valence-electron chi connectivity index (χ4n) is 2.16. The number of thioether (sulfide) groups is 1. The van der Waals surface area contributed by atoms with Crippen molar-refractivity contribution in [3.63, 3.8) is 0 Å². The zero-order chi connectivity index (χ0) is 13.2. The Morgan fingerprint density at radius 1 is 1.26 bits per heavy atom. The molecular formula is C15H13ClOS2. The van der Waals surface area contributed by atoms with Gasteiger partial charge < -0.3 is 0 Å². The molecule has 1 aromatic carbocycles. The largest absolute Gasteiger partial charge is 0.293 e. The van der Waals surface area contributed by atoms with E-state index < -0.39 is 0 Å². The van der Waals surface area contributed by atoms with Crippen LogP contribution in [0.15, 0.2) is 30.3 Å². The van der Waals surface area contributed by atoms with Gasteiger partial charge in [0.15, 0.2) is 5.78 Å². The van der Waals surface area contributed by atoms with Crippen molar-refractivity contribution >= 4 is 40.5 Å². The summed E-state index contributed by atoms with van der Waals surface area (Å²) < 4.78 is 0. The molecule has 2 aromatic rings. The smallest absolute Gasteiger partial charge is 0.177 e. The highest BCUT2D eigenvalue weighted by Gasteiger charge is 2.17. The van der Waals surface area contributed by atoms with Crippen LogP contribution in [0.5, 0.6) is 0 Å². The van der Waals surface area contributed by atoms with E-state index in [0.717, 1.165) is 22.6 Å². The molecule has 0 fully saturated rings. The normalized spacial score (nSPS) is 14.2. The molecular weight excluding hydrogens is 296 g/mol. The Morgan fingerprint density at radius 2 is 2.05 bits per heavy atom. The number of hydrogen-bond donors (Lipinski definition) is 0. The Morgan fingerprint density at radius 3 is 2.79 bits per heavy atom. The molecule has 0 saturated carbocycles. The van der Waals surface area contributed by atoms with Gasteiger partial charge in [-0.2, -0.15) is 11.8 Å². The van der Waals surface area contributed by atoms with Gasteiger partial charge in [0.2, 0.25) is 0 Å². The van der Waals surface area contributed by atoms with Gasteiger partial charge in [-0.25, -0.2) is 0 Å². The van der Waals surface area contributed by atoms with E-state index in [2.05, 4.69) is 6.07 Å². The number of aryl methyl sites for hydroxylation is 1. The van der Waals surface area contributed by atoms with Gasteiger partial charge in [0.05, 0.1) is 4.88 Å². The second-order valence-electron chi connectivity index (χ2n) is 4.59. The number of thiophene rings is 1. The van der Waals surface area contributed by atoms with Gasteiger partial charge in [-0.15, -0.1) is 11.3 Å². The third-order valence-electron chi connectivity index (χ3n) is 3.18. The predicted octanol–water partition coefficient (Wildman–Crippen LogP) is 4.62. The van der Waals surface area contributed by atoms with E-state index in [9.17, 15) is 4.79 Å². The molecule has 1 aromatic heterocycles. The van der Waals surface area contributed by atoms with E-state index in [4.69, 9.17) is 11.6 Å². The van der Waals surface area contributed by atoms with Crippen LogP contribution in [0.3, 0.4) is 0 Å². The summed E-state index contributed by atoms with van der Waals surface area (Å²) in [6.45, 7) is 0. The summed E-state index contributed by atoms with van der Waals surface area (Å²) >= 11 is 9.47. The van der Waals surface area contributed by atoms with Crippen LogP contribution in [0.1, 0.15) is 25.7 Å². The molecule has 0 N–H and O–H groups in total. The maximum atomic E-state index is 12.3. The Hall–Kier alpha value is -0.770. The van der Waals surface area contributed by atoms with Crippen LogP contribution in [-0.4, -0.2) is 11.5 Å². The lowest BCUT2D eigenvalue weighted by Gasteiger charge is -2.08. The Labute approximate surface area is 126 Å². The number of Topliss-reactive ketones (excluding diaryl/α,β-unsaturated/α-hetero) is 1. The highest BCUT2D eigenvalue weighted by molar-refractivity contribution is 7.98. The van der Waals surface area contributed by atoms with Gasteiger partial charge in [0.1, 0.15) is 0 Å². The van der Waals surface area contributed by atoms with Crippen molar-refractivity contribution in [1.29, 1.82) is 0 Å². The van der Waals surface area contributed by atoms with Crippen molar-refractivity contribution in [2.24, 2.45) is 0 Å². The van der Waals surface area contributed by atoms with Crippen molar-refractivity contribution in [3.8, 4) is 0 Å². The molecule has 4 heteroatoms. The third kappa shape index (κ3) is 3.04. The monoisotopic (exact) mass is 308 g/mol. The zero-order valence-corrected chi connectivity index (χ0v) is 12.7. The number of carbonyl (C=O) groups excluding carboxylic acids is 1. The Bertz CT molecular complexity index is 578. The number of halogens is 1. The second-order valence-corrected chi connectivity index (χ2v) is 7.27. The molecule has 0 spiro atoms. The van der Waals surface area contributed by atoms with E-state index in [1.165, 1.54) is 16.2 Å². The molecule has 0 saturated heterocycles. The molecule has 0 amide bonds. The number of rotatable bonds is 3. The van der Waals surface area contributed by atoms with Crippen molar-refractivity contribution in [2.75, 3.05) is 5.75 Å². The van der Waals surface area contributed by atoms with Gasteiger partial charge in [-0.3, -0.25) is 4.79 Å². The summed E-state index contributed by atoms with van der Waals surface area (Å²) in [7, 11) is 0. The lowest BCUT2D eigenvalue weighted by Crippen LogP contribution is -2.00. The van der Waals surface area contributed by atoms with Crippen LogP contribution in [0.2, 0.25) is 5.02 Å². The Balaban J connectivity index is 1.76. The highest BCUT2D eigenvalue weighted by Crippen LogP contribution is 2.32. The minimum absolute atomic E-state index is 0.215. The number of carbonyl (C=O) groups is 1. The molecule has 98 valence electrons. The first-order valence-electron chi connectivity index (χ1n) is 6.19. The first-order chi connectivity index (χ1) is 9.22. The first-order valence-corrected chi connectivity index (χ1v) is 8.54. The maximum absolute atomic E-state index is 12.3. The predicted molar refractivity (Wildman–Crippen MR) is 83.7 cm³/mol. The van der Waals surface area contributed by atoms with Crippen molar-refractivity contribution < 1.29 is 4.79 Å². The summed E-state index contributed by atoms with van der Waals surface area (Å²) in [5.74, 6) is 2.45. The van der Waals surface area contributed by atoms with Crippen LogP contribution in [-0.2, 0) is 18.6 Å². The Kier molecular flexibility index (Phi) is 3.96. The van der Waals surface area contributed by atoms with Crippen LogP contribution >= 0.6 is 34.7 Å². The average molecular weight is 309 g/mol. The molecule has 2 heterocycles.